The van der Waals surface area contributed by atoms with Gasteiger partial charge in [-0.15, -0.1) is 0 Å². The molecule has 3 aromatic rings. The fourth-order valence-electron chi connectivity index (χ4n) is 2.45. The van der Waals surface area contributed by atoms with Crippen LogP contribution >= 0.6 is 0 Å². The minimum absolute atomic E-state index is 0.206. The molecule has 0 aliphatic rings. The van der Waals surface area contributed by atoms with Crippen molar-refractivity contribution in [3.8, 4) is 0 Å². The van der Waals surface area contributed by atoms with Crippen molar-refractivity contribution in [1.82, 2.24) is 25.1 Å². The lowest BCUT2D eigenvalue weighted by Gasteiger charge is -2.21. The van der Waals surface area contributed by atoms with Crippen LogP contribution in [0.4, 0.5) is 4.39 Å². The number of fused-ring (bicyclic) bond motifs is 1. The fourth-order valence-corrected chi connectivity index (χ4v) is 2.45. The largest absolute Gasteiger partial charge is 0.341 e. The van der Waals surface area contributed by atoms with Gasteiger partial charge in [0.15, 0.2) is 5.82 Å². The molecule has 0 fully saturated rings. The van der Waals surface area contributed by atoms with E-state index in [2.05, 4.69) is 34.2 Å². The molecule has 0 radical (unpaired) electrons. The molecule has 2 atom stereocenters. The first-order chi connectivity index (χ1) is 10.5. The SMILES string of the molecule is Cc1cnn(C(C)C(C)NCc2nc3c(F)cccc3[nH]2)c1. The van der Waals surface area contributed by atoms with Gasteiger partial charge < -0.3 is 10.3 Å². The fraction of sp³-hybridized carbons (Fsp3) is 0.375. The molecule has 5 nitrogen and oxygen atoms in total. The summed E-state index contributed by atoms with van der Waals surface area (Å²) in [5, 5.41) is 7.75. The Labute approximate surface area is 128 Å². The first-order valence-electron chi connectivity index (χ1n) is 7.42. The second kappa shape index (κ2) is 5.88. The van der Waals surface area contributed by atoms with Gasteiger partial charge in [-0.25, -0.2) is 9.37 Å². The number of nitrogens with one attached hydrogen (secondary N) is 2. The Morgan fingerprint density at radius 1 is 1.36 bits per heavy atom. The van der Waals surface area contributed by atoms with Crippen LogP contribution in [-0.4, -0.2) is 25.8 Å². The topological polar surface area (TPSA) is 58.5 Å². The molecule has 0 saturated heterocycles. The van der Waals surface area contributed by atoms with E-state index in [0.717, 1.165) is 16.9 Å². The van der Waals surface area contributed by atoms with E-state index in [1.165, 1.54) is 6.07 Å². The molecule has 3 rings (SSSR count). The molecule has 0 aliphatic carbocycles. The average molecular weight is 301 g/mol. The van der Waals surface area contributed by atoms with E-state index >= 15 is 0 Å². The van der Waals surface area contributed by atoms with Gasteiger partial charge in [0.2, 0.25) is 0 Å². The maximum absolute atomic E-state index is 13.6. The summed E-state index contributed by atoms with van der Waals surface area (Å²) in [5.41, 5.74) is 2.26. The van der Waals surface area contributed by atoms with Crippen LogP contribution in [0.5, 0.6) is 0 Å². The van der Waals surface area contributed by atoms with Gasteiger partial charge in [0.25, 0.3) is 0 Å². The molecule has 2 N–H and O–H groups in total. The lowest BCUT2D eigenvalue weighted by Crippen LogP contribution is -2.33. The normalized spacial score (nSPS) is 14.4. The van der Waals surface area contributed by atoms with Crippen LogP contribution in [0.3, 0.4) is 0 Å². The van der Waals surface area contributed by atoms with E-state index in [9.17, 15) is 4.39 Å². The van der Waals surface area contributed by atoms with E-state index in [4.69, 9.17) is 0 Å². The van der Waals surface area contributed by atoms with E-state index in [1.54, 1.807) is 6.07 Å². The summed E-state index contributed by atoms with van der Waals surface area (Å²) in [6, 6.07) is 5.35. The van der Waals surface area contributed by atoms with Crippen molar-refractivity contribution in [2.45, 2.75) is 39.4 Å². The maximum Gasteiger partial charge on any atom is 0.151 e. The van der Waals surface area contributed by atoms with E-state index < -0.39 is 0 Å². The van der Waals surface area contributed by atoms with Crippen molar-refractivity contribution >= 4 is 11.0 Å². The molecule has 1 aromatic carbocycles. The maximum atomic E-state index is 13.6. The second-order valence-corrected chi connectivity index (χ2v) is 5.73. The monoisotopic (exact) mass is 301 g/mol. The number of nitrogens with zero attached hydrogens (tertiary/aromatic N) is 3. The van der Waals surface area contributed by atoms with Gasteiger partial charge >= 0.3 is 0 Å². The van der Waals surface area contributed by atoms with Crippen LogP contribution in [0.1, 0.15) is 31.3 Å². The van der Waals surface area contributed by atoms with Crippen LogP contribution in [-0.2, 0) is 6.54 Å². The third-order valence-electron chi connectivity index (χ3n) is 3.98. The minimum atomic E-state index is -0.298. The third-order valence-corrected chi connectivity index (χ3v) is 3.98. The number of H-pyrrole nitrogens is 1. The third kappa shape index (κ3) is 2.87. The van der Waals surface area contributed by atoms with Gasteiger partial charge in [0.05, 0.1) is 24.3 Å². The Bertz CT molecular complexity index is 776. The molecule has 0 aliphatic heterocycles. The first kappa shape index (κ1) is 14.7. The number of para-hydroxylation sites is 1. The van der Waals surface area contributed by atoms with Gasteiger partial charge in [-0.2, -0.15) is 5.10 Å². The molecule has 2 unspecified atom stereocenters. The molecule has 6 heteroatoms. The summed E-state index contributed by atoms with van der Waals surface area (Å²) in [5.74, 6) is 0.434. The molecule has 0 spiro atoms. The standard InChI is InChI=1S/C16H20FN5/c1-10-7-19-22(9-10)12(3)11(2)18-8-15-20-14-6-4-5-13(17)16(14)21-15/h4-7,9,11-12,18H,8H2,1-3H3,(H,20,21). The Morgan fingerprint density at radius 3 is 2.86 bits per heavy atom. The predicted octanol–water partition coefficient (Wildman–Crippen LogP) is 2.95. The van der Waals surface area contributed by atoms with Gasteiger partial charge in [-0.3, -0.25) is 4.68 Å². The first-order valence-corrected chi connectivity index (χ1v) is 7.42. The number of hydrogen-bond acceptors (Lipinski definition) is 3. The van der Waals surface area contributed by atoms with Gasteiger partial charge in [0.1, 0.15) is 11.3 Å². The Balaban J connectivity index is 1.67. The molecule has 2 heterocycles. The Kier molecular flexibility index (Phi) is 3.94. The van der Waals surface area contributed by atoms with E-state index in [0.29, 0.717) is 12.1 Å². The molecule has 116 valence electrons. The highest BCUT2D eigenvalue weighted by Gasteiger charge is 2.15. The minimum Gasteiger partial charge on any atom is -0.341 e. The number of benzene rings is 1. The molecule has 0 bridgehead atoms. The lowest BCUT2D eigenvalue weighted by atomic mass is 10.2. The molecular weight excluding hydrogens is 281 g/mol. The van der Waals surface area contributed by atoms with Gasteiger partial charge in [0, 0.05) is 12.2 Å². The number of aryl methyl sites for hydroxylation is 1. The van der Waals surface area contributed by atoms with Gasteiger partial charge in [-0.1, -0.05) is 6.07 Å². The number of hydrogen-bond donors (Lipinski definition) is 2. The number of imidazole rings is 1. The van der Waals surface area contributed by atoms with Crippen LogP contribution in [0.2, 0.25) is 0 Å². The number of rotatable bonds is 5. The van der Waals surface area contributed by atoms with Crippen molar-refractivity contribution in [1.29, 1.82) is 0 Å². The van der Waals surface area contributed by atoms with Crippen molar-refractivity contribution in [2.24, 2.45) is 0 Å². The van der Waals surface area contributed by atoms with Crippen molar-refractivity contribution < 1.29 is 4.39 Å². The zero-order chi connectivity index (χ0) is 15.7. The highest BCUT2D eigenvalue weighted by atomic mass is 19.1. The summed E-state index contributed by atoms with van der Waals surface area (Å²) < 4.78 is 15.6. The Hall–Kier alpha value is -2.21. The lowest BCUT2D eigenvalue weighted by molar-refractivity contribution is 0.362. The smallest absolute Gasteiger partial charge is 0.151 e. The zero-order valence-corrected chi connectivity index (χ0v) is 13.0. The average Bonchev–Trinajstić information content (AvgIpc) is 3.11. The molecular formula is C16H20FN5. The predicted molar refractivity (Wildman–Crippen MR) is 84.0 cm³/mol. The Morgan fingerprint density at radius 2 is 2.18 bits per heavy atom. The van der Waals surface area contributed by atoms with Crippen LogP contribution in [0.15, 0.2) is 30.6 Å². The highest BCUT2D eigenvalue weighted by Crippen LogP contribution is 2.15. The van der Waals surface area contributed by atoms with Crippen LogP contribution < -0.4 is 5.32 Å². The number of aromatic amines is 1. The van der Waals surface area contributed by atoms with Crippen molar-refractivity contribution in [3.05, 3.63) is 47.8 Å². The van der Waals surface area contributed by atoms with Crippen molar-refractivity contribution in [3.63, 3.8) is 0 Å². The van der Waals surface area contributed by atoms with Gasteiger partial charge in [-0.05, 0) is 38.5 Å². The van der Waals surface area contributed by atoms with E-state index in [1.807, 2.05) is 30.1 Å². The molecule has 0 saturated carbocycles. The summed E-state index contributed by atoms with van der Waals surface area (Å²) in [6.07, 6.45) is 3.88. The number of aromatic nitrogens is 4. The summed E-state index contributed by atoms with van der Waals surface area (Å²) in [6.45, 7) is 6.80. The van der Waals surface area contributed by atoms with Crippen molar-refractivity contribution in [2.75, 3.05) is 0 Å². The number of halogens is 1. The summed E-state index contributed by atoms with van der Waals surface area (Å²) >= 11 is 0. The zero-order valence-electron chi connectivity index (χ0n) is 13.0. The molecule has 0 amide bonds. The summed E-state index contributed by atoms with van der Waals surface area (Å²) in [7, 11) is 0. The van der Waals surface area contributed by atoms with E-state index in [-0.39, 0.29) is 17.9 Å². The highest BCUT2D eigenvalue weighted by molar-refractivity contribution is 5.75. The van der Waals surface area contributed by atoms with Crippen LogP contribution in [0, 0.1) is 12.7 Å². The molecule has 22 heavy (non-hydrogen) atoms. The quantitative estimate of drug-likeness (QED) is 0.762. The van der Waals surface area contributed by atoms with Crippen LogP contribution in [0.25, 0.3) is 11.0 Å². The molecule has 2 aromatic heterocycles. The summed E-state index contributed by atoms with van der Waals surface area (Å²) in [4.78, 5) is 7.44. The second-order valence-electron chi connectivity index (χ2n) is 5.73.